The molecule has 1 saturated carbocycles. The predicted molar refractivity (Wildman–Crippen MR) is 168 cm³/mol. The normalized spacial score (nSPS) is 30.6. The quantitative estimate of drug-likeness (QED) is 0.374. The summed E-state index contributed by atoms with van der Waals surface area (Å²) in [7, 11) is 1.86. The van der Waals surface area contributed by atoms with Crippen LogP contribution in [-0.2, 0) is 23.1 Å². The highest BCUT2D eigenvalue weighted by molar-refractivity contribution is 5.92. The minimum absolute atomic E-state index is 0.0284. The van der Waals surface area contributed by atoms with Gasteiger partial charge in [-0.1, -0.05) is 79.6 Å². The zero-order valence-corrected chi connectivity index (χ0v) is 25.4. The Kier molecular flexibility index (Phi) is 6.90. The van der Waals surface area contributed by atoms with Crippen molar-refractivity contribution in [3.8, 4) is 11.5 Å². The predicted octanol–water partition coefficient (Wildman–Crippen LogP) is 5.27. The van der Waals surface area contributed by atoms with Gasteiger partial charge in [-0.05, 0) is 73.9 Å². The number of phenolic OH excluding ortho intramolecular Hbond substituents is 1. The first-order valence-electron chi connectivity index (χ1n) is 15.8. The molecule has 2 N–H and O–H groups in total. The number of likely N-dealkylation sites (N-methyl/N-ethyl adjacent to an activating group) is 1. The molecule has 4 aliphatic rings. The van der Waals surface area contributed by atoms with Gasteiger partial charge in [-0.3, -0.25) is 9.69 Å². The summed E-state index contributed by atoms with van der Waals surface area (Å²) in [6.07, 6.45) is 6.90. The van der Waals surface area contributed by atoms with Gasteiger partial charge in [0.05, 0.1) is 17.1 Å². The number of piperidine rings is 1. The lowest BCUT2D eigenvalue weighted by atomic mass is 9.45. The molecule has 1 spiro atoms. The van der Waals surface area contributed by atoms with Gasteiger partial charge < -0.3 is 19.8 Å². The first kappa shape index (κ1) is 28.2. The zero-order valence-electron chi connectivity index (χ0n) is 25.4. The summed E-state index contributed by atoms with van der Waals surface area (Å²) in [6, 6.07) is 22.1. The molecule has 3 unspecified atom stereocenters. The Morgan fingerprint density at radius 3 is 2.72 bits per heavy atom. The average molecular weight is 579 g/mol. The highest BCUT2D eigenvalue weighted by Crippen LogP contribution is 2.67. The number of ether oxygens (including phenoxy) is 1. The number of rotatable bonds is 7. The molecule has 43 heavy (non-hydrogen) atoms. The molecule has 2 aliphatic carbocycles. The average Bonchev–Trinajstić information content (AvgIpc) is 3.36. The molecule has 0 aromatic heterocycles. The van der Waals surface area contributed by atoms with Gasteiger partial charge in [0, 0.05) is 31.3 Å². The van der Waals surface area contributed by atoms with Crippen LogP contribution < -0.4 is 4.74 Å². The van der Waals surface area contributed by atoms with E-state index in [9.17, 15) is 15.0 Å². The molecule has 3 aromatic rings. The number of aryl methyl sites for hydroxylation is 1. The second-order valence-corrected chi connectivity index (χ2v) is 13.1. The third kappa shape index (κ3) is 4.17. The molecule has 2 bridgehead atoms. The Balaban J connectivity index is 1.26. The van der Waals surface area contributed by atoms with Gasteiger partial charge >= 0.3 is 0 Å². The molecule has 7 rings (SSSR count). The molecule has 6 atom stereocenters. The van der Waals surface area contributed by atoms with Gasteiger partial charge in [-0.25, -0.2) is 0 Å². The number of aliphatic hydroxyl groups is 1. The van der Waals surface area contributed by atoms with Crippen LogP contribution in [-0.4, -0.2) is 69.8 Å². The van der Waals surface area contributed by atoms with E-state index in [-0.39, 0.29) is 29.7 Å². The number of carbonyl (C=O) groups excluding carboxylic acids is 1. The fraction of sp³-hybridized carbons (Fsp3) is 0.432. The number of benzene rings is 3. The van der Waals surface area contributed by atoms with Crippen molar-refractivity contribution in [1.29, 1.82) is 0 Å². The summed E-state index contributed by atoms with van der Waals surface area (Å²) in [5.74, 6) is 0.518. The van der Waals surface area contributed by atoms with E-state index < -0.39 is 17.1 Å². The van der Waals surface area contributed by atoms with Gasteiger partial charge in [-0.2, -0.15) is 0 Å². The largest absolute Gasteiger partial charge is 0.504 e. The zero-order chi connectivity index (χ0) is 29.9. The van der Waals surface area contributed by atoms with Gasteiger partial charge in [0.25, 0.3) is 0 Å². The smallest absolute Gasteiger partial charge is 0.246 e. The second-order valence-electron chi connectivity index (χ2n) is 13.1. The second kappa shape index (κ2) is 10.5. The Labute approximate surface area is 254 Å². The topological polar surface area (TPSA) is 73.2 Å². The van der Waals surface area contributed by atoms with Crippen LogP contribution in [0.3, 0.4) is 0 Å². The summed E-state index contributed by atoms with van der Waals surface area (Å²) in [5, 5.41) is 24.3. The molecule has 1 amide bonds. The van der Waals surface area contributed by atoms with Crippen molar-refractivity contribution in [2.24, 2.45) is 5.92 Å². The maximum absolute atomic E-state index is 13.7. The minimum atomic E-state index is -1.04. The SMILES string of the molecule is CCC1CC(N(C)C(=O)/C=C/c2cccc(C)c2)C2Oc3c(O)ccc4c3[C@@]23CCN(CCc2ccccc2)[C@H](C4)[C@]13O. The maximum Gasteiger partial charge on any atom is 0.246 e. The molecule has 3 aromatic carbocycles. The Morgan fingerprint density at radius 2 is 1.95 bits per heavy atom. The number of hydrogen-bond donors (Lipinski definition) is 2. The molecule has 2 fully saturated rings. The first-order chi connectivity index (χ1) is 20.8. The molecule has 1 saturated heterocycles. The Hall–Kier alpha value is -3.61. The fourth-order valence-electron chi connectivity index (χ4n) is 9.09. The van der Waals surface area contributed by atoms with Crippen molar-refractivity contribution in [1.82, 2.24) is 9.80 Å². The molecular formula is C37H42N2O4. The van der Waals surface area contributed by atoms with Gasteiger partial charge in [0.2, 0.25) is 5.91 Å². The van der Waals surface area contributed by atoms with Crippen molar-refractivity contribution in [3.63, 3.8) is 0 Å². The standard InChI is InChI=1S/C37H42N2O4/c1-4-28-23-29(38(3)32(41)16-13-26-12-8-9-24(2)21-26)35-36-18-20-39(19-17-25-10-6-5-7-11-25)31(37(28,36)42)22-27-14-15-30(40)34(43-35)33(27)36/h5-16,21,28-29,31,35,40,42H,4,17-20,22-23H2,1-3H3/b16-13+/t28?,29?,31-,35?,36+,37-/m1/s1. The Morgan fingerprint density at radius 1 is 1.14 bits per heavy atom. The maximum atomic E-state index is 13.7. The van der Waals surface area contributed by atoms with Crippen LogP contribution in [0.2, 0.25) is 0 Å². The number of aromatic hydroxyl groups is 1. The van der Waals surface area contributed by atoms with E-state index in [1.807, 2.05) is 55.3 Å². The number of amides is 1. The molecule has 2 heterocycles. The molecular weight excluding hydrogens is 536 g/mol. The Bertz CT molecular complexity index is 1570. The van der Waals surface area contributed by atoms with E-state index in [2.05, 4.69) is 42.2 Å². The van der Waals surface area contributed by atoms with Crippen LogP contribution in [0, 0.1) is 12.8 Å². The number of likely N-dealkylation sites (tertiary alicyclic amines) is 1. The van der Waals surface area contributed by atoms with Gasteiger partial charge in [-0.15, -0.1) is 0 Å². The fourth-order valence-corrected chi connectivity index (χ4v) is 9.09. The van der Waals surface area contributed by atoms with Crippen LogP contribution in [0.25, 0.3) is 6.08 Å². The van der Waals surface area contributed by atoms with Gasteiger partial charge in [0.15, 0.2) is 11.5 Å². The highest BCUT2D eigenvalue weighted by atomic mass is 16.5. The molecule has 6 nitrogen and oxygen atoms in total. The molecule has 224 valence electrons. The van der Waals surface area contributed by atoms with Crippen molar-refractivity contribution in [2.45, 2.75) is 75.2 Å². The lowest BCUT2D eigenvalue weighted by molar-refractivity contribution is -0.228. The van der Waals surface area contributed by atoms with Crippen LogP contribution in [0.5, 0.6) is 11.5 Å². The monoisotopic (exact) mass is 578 g/mol. The summed E-state index contributed by atoms with van der Waals surface area (Å²) >= 11 is 0. The van der Waals surface area contributed by atoms with Crippen LogP contribution in [0.4, 0.5) is 0 Å². The third-order valence-corrected chi connectivity index (χ3v) is 11.1. The van der Waals surface area contributed by atoms with Gasteiger partial charge in [0.1, 0.15) is 6.10 Å². The van der Waals surface area contributed by atoms with E-state index in [0.29, 0.717) is 12.2 Å². The number of carbonyl (C=O) groups is 1. The van der Waals surface area contributed by atoms with Crippen LogP contribution in [0.15, 0.2) is 72.8 Å². The van der Waals surface area contributed by atoms with Crippen LogP contribution in [0.1, 0.15) is 54.0 Å². The summed E-state index contributed by atoms with van der Waals surface area (Å²) in [4.78, 5) is 18.0. The number of nitrogens with zero attached hydrogens (tertiary/aromatic N) is 2. The lowest BCUT2D eigenvalue weighted by Gasteiger charge is -2.67. The molecule has 6 heteroatoms. The van der Waals surface area contributed by atoms with E-state index >= 15 is 0 Å². The van der Waals surface area contributed by atoms with Crippen molar-refractivity contribution in [3.05, 3.63) is 101 Å². The van der Waals surface area contributed by atoms with E-state index in [4.69, 9.17) is 4.74 Å². The van der Waals surface area contributed by atoms with E-state index in [1.165, 1.54) is 5.56 Å². The summed E-state index contributed by atoms with van der Waals surface area (Å²) in [6.45, 7) is 5.92. The van der Waals surface area contributed by atoms with Crippen molar-refractivity contribution < 1.29 is 19.7 Å². The third-order valence-electron chi connectivity index (χ3n) is 11.1. The number of hydrogen-bond acceptors (Lipinski definition) is 5. The van der Waals surface area contributed by atoms with E-state index in [0.717, 1.165) is 61.0 Å². The van der Waals surface area contributed by atoms with Crippen molar-refractivity contribution >= 4 is 12.0 Å². The highest BCUT2D eigenvalue weighted by Gasteiger charge is 2.75. The lowest BCUT2D eigenvalue weighted by Crippen LogP contribution is -2.81. The van der Waals surface area contributed by atoms with Crippen molar-refractivity contribution in [2.75, 3.05) is 20.1 Å². The van der Waals surface area contributed by atoms with Crippen LogP contribution >= 0.6 is 0 Å². The van der Waals surface area contributed by atoms with E-state index in [1.54, 1.807) is 12.1 Å². The first-order valence-corrected chi connectivity index (χ1v) is 15.8. The molecule has 2 aliphatic heterocycles. The number of phenols is 1. The molecule has 0 radical (unpaired) electrons. The summed E-state index contributed by atoms with van der Waals surface area (Å²) in [5.41, 5.74) is 3.84. The minimum Gasteiger partial charge on any atom is -0.504 e. The summed E-state index contributed by atoms with van der Waals surface area (Å²) < 4.78 is 6.75.